The van der Waals surface area contributed by atoms with E-state index < -0.39 is 11.5 Å². The molecule has 0 aromatic carbocycles. The van der Waals surface area contributed by atoms with E-state index in [1.165, 1.54) is 0 Å². The zero-order valence-electron chi connectivity index (χ0n) is 6.16. The fraction of sp³-hybridized carbons (Fsp3) is 0.625. The van der Waals surface area contributed by atoms with E-state index in [-0.39, 0.29) is 5.92 Å². The second-order valence-corrected chi connectivity index (χ2v) is 3.54. The summed E-state index contributed by atoms with van der Waals surface area (Å²) >= 11 is 0. The largest absolute Gasteiger partial charge is 0.480 e. The fourth-order valence-electron chi connectivity index (χ4n) is 2.14. The summed E-state index contributed by atoms with van der Waals surface area (Å²) in [4.78, 5) is 10.8. The Hall–Kier alpha value is -0.830. The Bertz CT molecular complexity index is 236. The lowest BCUT2D eigenvalue weighted by Crippen LogP contribution is -2.51. The minimum Gasteiger partial charge on any atom is -0.480 e. The number of allylic oxidation sites excluding steroid dienone is 1. The highest BCUT2D eigenvalue weighted by atomic mass is 16.4. The van der Waals surface area contributed by atoms with Crippen LogP contribution in [0.5, 0.6) is 0 Å². The molecule has 0 unspecified atom stereocenters. The predicted octanol–water partition coefficient (Wildman–Crippen LogP) is 0.364. The fourth-order valence-corrected chi connectivity index (χ4v) is 2.14. The van der Waals surface area contributed by atoms with Crippen LogP contribution in [0.4, 0.5) is 0 Å². The van der Waals surface area contributed by atoms with Crippen LogP contribution in [0, 0.1) is 11.8 Å². The summed E-state index contributed by atoms with van der Waals surface area (Å²) in [5, 5.41) is 8.84. The van der Waals surface area contributed by atoms with E-state index in [9.17, 15) is 4.79 Å². The molecular weight excluding hydrogens is 142 g/mol. The maximum absolute atomic E-state index is 10.8. The van der Waals surface area contributed by atoms with Gasteiger partial charge in [-0.1, -0.05) is 12.2 Å². The van der Waals surface area contributed by atoms with Crippen molar-refractivity contribution < 1.29 is 9.90 Å². The first-order chi connectivity index (χ1) is 5.13. The second kappa shape index (κ2) is 1.85. The van der Waals surface area contributed by atoms with E-state index in [4.69, 9.17) is 10.8 Å². The molecule has 60 valence electrons. The molecule has 0 aromatic heterocycles. The van der Waals surface area contributed by atoms with E-state index in [0.29, 0.717) is 12.3 Å². The first-order valence-corrected chi connectivity index (χ1v) is 3.83. The first-order valence-electron chi connectivity index (χ1n) is 3.83. The number of carboxylic acids is 1. The van der Waals surface area contributed by atoms with E-state index in [2.05, 4.69) is 6.08 Å². The summed E-state index contributed by atoms with van der Waals surface area (Å²) in [7, 11) is 0. The monoisotopic (exact) mass is 153 g/mol. The molecule has 2 rings (SSSR count). The molecule has 0 radical (unpaired) electrons. The molecule has 3 heteroatoms. The average molecular weight is 153 g/mol. The molecule has 2 bridgehead atoms. The molecule has 0 amide bonds. The van der Waals surface area contributed by atoms with Gasteiger partial charge in [0.05, 0.1) is 0 Å². The number of rotatable bonds is 1. The molecule has 2 aliphatic rings. The molecule has 3 N–H and O–H groups in total. The van der Waals surface area contributed by atoms with Gasteiger partial charge in [0.2, 0.25) is 0 Å². The molecule has 0 heterocycles. The van der Waals surface area contributed by atoms with Gasteiger partial charge in [-0.05, 0) is 18.8 Å². The third kappa shape index (κ3) is 0.744. The highest BCUT2D eigenvalue weighted by Gasteiger charge is 2.50. The summed E-state index contributed by atoms with van der Waals surface area (Å²) < 4.78 is 0. The Morgan fingerprint density at radius 3 is 2.64 bits per heavy atom. The van der Waals surface area contributed by atoms with Crippen LogP contribution < -0.4 is 5.73 Å². The number of fused-ring (bicyclic) bond motifs is 2. The number of hydrogen-bond acceptors (Lipinski definition) is 2. The lowest BCUT2D eigenvalue weighted by Gasteiger charge is -2.25. The van der Waals surface area contributed by atoms with Crippen LogP contribution in [0.1, 0.15) is 12.8 Å². The maximum atomic E-state index is 10.8. The van der Waals surface area contributed by atoms with Crippen LogP contribution >= 0.6 is 0 Å². The normalized spacial score (nSPS) is 46.6. The number of aliphatic carboxylic acids is 1. The molecule has 1 saturated carbocycles. The van der Waals surface area contributed by atoms with Gasteiger partial charge < -0.3 is 10.8 Å². The Labute approximate surface area is 64.9 Å². The summed E-state index contributed by atoms with van der Waals surface area (Å²) in [5.41, 5.74) is 4.78. The number of carbonyl (C=O) groups is 1. The van der Waals surface area contributed by atoms with E-state index in [1.54, 1.807) is 0 Å². The van der Waals surface area contributed by atoms with Crippen LogP contribution in [0.25, 0.3) is 0 Å². The predicted molar refractivity (Wildman–Crippen MR) is 39.9 cm³/mol. The molecule has 1 fully saturated rings. The van der Waals surface area contributed by atoms with Gasteiger partial charge in [-0.2, -0.15) is 0 Å². The van der Waals surface area contributed by atoms with Gasteiger partial charge in [-0.25, -0.2) is 0 Å². The van der Waals surface area contributed by atoms with Crippen LogP contribution in [0.15, 0.2) is 12.2 Å². The summed E-state index contributed by atoms with van der Waals surface area (Å²) in [6.45, 7) is 0. The zero-order chi connectivity index (χ0) is 8.06. The Morgan fingerprint density at radius 2 is 2.36 bits per heavy atom. The van der Waals surface area contributed by atoms with Gasteiger partial charge in [0, 0.05) is 5.92 Å². The highest BCUT2D eigenvalue weighted by molar-refractivity contribution is 5.80. The second-order valence-electron chi connectivity index (χ2n) is 3.54. The summed E-state index contributed by atoms with van der Waals surface area (Å²) in [6, 6.07) is 0. The van der Waals surface area contributed by atoms with Gasteiger partial charge >= 0.3 is 5.97 Å². The minimum atomic E-state index is -0.959. The molecule has 0 saturated heterocycles. The average Bonchev–Trinajstić information content (AvgIpc) is 2.45. The van der Waals surface area contributed by atoms with Crippen molar-refractivity contribution in [3.63, 3.8) is 0 Å². The van der Waals surface area contributed by atoms with Crippen molar-refractivity contribution >= 4 is 5.97 Å². The van der Waals surface area contributed by atoms with E-state index in [0.717, 1.165) is 6.42 Å². The summed E-state index contributed by atoms with van der Waals surface area (Å²) in [5.74, 6) is -0.361. The van der Waals surface area contributed by atoms with E-state index in [1.807, 2.05) is 6.08 Å². The lowest BCUT2D eigenvalue weighted by molar-refractivity contribution is -0.144. The molecule has 0 aromatic rings. The van der Waals surface area contributed by atoms with Gasteiger partial charge in [0.1, 0.15) is 5.54 Å². The quantitative estimate of drug-likeness (QED) is 0.535. The van der Waals surface area contributed by atoms with Crippen LogP contribution in [0.2, 0.25) is 0 Å². The van der Waals surface area contributed by atoms with Crippen LogP contribution in [0.3, 0.4) is 0 Å². The smallest absolute Gasteiger partial charge is 0.324 e. The van der Waals surface area contributed by atoms with Crippen molar-refractivity contribution in [2.75, 3.05) is 0 Å². The lowest BCUT2D eigenvalue weighted by atomic mass is 9.86. The Balaban J connectivity index is 2.30. The number of nitrogens with two attached hydrogens (primary N) is 1. The van der Waals surface area contributed by atoms with Gasteiger partial charge in [-0.3, -0.25) is 4.79 Å². The minimum absolute atomic E-state index is 0.0741. The number of carboxylic acid groups (broad SMARTS) is 1. The molecule has 3 nitrogen and oxygen atoms in total. The van der Waals surface area contributed by atoms with Crippen molar-refractivity contribution in [1.82, 2.24) is 0 Å². The molecular formula is C8H11NO2. The van der Waals surface area contributed by atoms with Gasteiger partial charge in [-0.15, -0.1) is 0 Å². The topological polar surface area (TPSA) is 63.3 Å². The van der Waals surface area contributed by atoms with Crippen molar-refractivity contribution in [2.45, 2.75) is 18.4 Å². The Morgan fingerprint density at radius 1 is 1.64 bits per heavy atom. The third-order valence-corrected chi connectivity index (χ3v) is 2.83. The number of hydrogen-bond donors (Lipinski definition) is 2. The van der Waals surface area contributed by atoms with Crippen molar-refractivity contribution in [3.8, 4) is 0 Å². The molecule has 3 atom stereocenters. The van der Waals surface area contributed by atoms with Gasteiger partial charge in [0.25, 0.3) is 0 Å². The first kappa shape index (κ1) is 6.85. The zero-order valence-corrected chi connectivity index (χ0v) is 6.16. The molecule has 0 aliphatic heterocycles. The van der Waals surface area contributed by atoms with Crippen LogP contribution in [-0.4, -0.2) is 16.6 Å². The van der Waals surface area contributed by atoms with Crippen molar-refractivity contribution in [2.24, 2.45) is 17.6 Å². The summed E-state index contributed by atoms with van der Waals surface area (Å²) in [6.07, 6.45) is 5.58. The third-order valence-electron chi connectivity index (χ3n) is 2.83. The van der Waals surface area contributed by atoms with Crippen LogP contribution in [-0.2, 0) is 4.79 Å². The molecule has 2 aliphatic carbocycles. The molecule has 0 spiro atoms. The Kier molecular flexibility index (Phi) is 1.16. The molecule has 11 heavy (non-hydrogen) atoms. The highest BCUT2D eigenvalue weighted by Crippen LogP contribution is 2.44. The maximum Gasteiger partial charge on any atom is 0.324 e. The SMILES string of the molecule is N[C@]1(C(=O)O)C[C@@H]2C=C[C@H]1C2. The van der Waals surface area contributed by atoms with Crippen molar-refractivity contribution in [1.29, 1.82) is 0 Å². The standard InChI is InChI=1S/C8H11NO2/c9-8(7(10)11)4-5-1-2-6(8)3-5/h1-2,5-6H,3-4,9H2,(H,10,11)/t5-,6+,8-/m1/s1. The van der Waals surface area contributed by atoms with Gasteiger partial charge in [0.15, 0.2) is 0 Å². The van der Waals surface area contributed by atoms with Crippen molar-refractivity contribution in [3.05, 3.63) is 12.2 Å². The van der Waals surface area contributed by atoms with E-state index >= 15 is 0 Å².